The van der Waals surface area contributed by atoms with Crippen molar-refractivity contribution < 1.29 is 14.3 Å². The molecule has 0 aliphatic carbocycles. The van der Waals surface area contributed by atoms with E-state index in [4.69, 9.17) is 9.47 Å². The first-order valence-electron chi connectivity index (χ1n) is 11.0. The number of ether oxygens (including phenoxy) is 2. The molecule has 2 heterocycles. The van der Waals surface area contributed by atoms with Crippen LogP contribution in [0.1, 0.15) is 25.5 Å². The van der Waals surface area contributed by atoms with E-state index in [1.165, 1.54) is 5.69 Å². The van der Waals surface area contributed by atoms with Crippen LogP contribution in [0.4, 0.5) is 5.69 Å². The average Bonchev–Trinajstić information content (AvgIpc) is 3.28. The number of nitrogens with one attached hydrogen (secondary N) is 1. The van der Waals surface area contributed by atoms with Crippen molar-refractivity contribution in [2.45, 2.75) is 32.2 Å². The van der Waals surface area contributed by atoms with Gasteiger partial charge in [0.15, 0.2) is 0 Å². The highest BCUT2D eigenvalue weighted by atomic mass is 32.1. The molecule has 1 aromatic heterocycles. The van der Waals surface area contributed by atoms with E-state index in [-0.39, 0.29) is 11.9 Å². The predicted molar refractivity (Wildman–Crippen MR) is 129 cm³/mol. The molecule has 2 aromatic carbocycles. The molecule has 1 fully saturated rings. The van der Waals surface area contributed by atoms with Crippen molar-refractivity contribution in [3.05, 3.63) is 59.6 Å². The topological polar surface area (TPSA) is 63.7 Å². The largest absolute Gasteiger partial charge is 0.497 e. The summed E-state index contributed by atoms with van der Waals surface area (Å²) >= 11 is 1.56. The first-order chi connectivity index (χ1) is 15.6. The molecule has 1 aliphatic heterocycles. The van der Waals surface area contributed by atoms with Crippen molar-refractivity contribution in [3.8, 4) is 22.1 Å². The Morgan fingerprint density at radius 2 is 1.78 bits per heavy atom. The van der Waals surface area contributed by atoms with Crippen molar-refractivity contribution in [2.24, 2.45) is 0 Å². The molecule has 4 rings (SSSR count). The number of thiazole rings is 1. The van der Waals surface area contributed by atoms with Crippen LogP contribution in [-0.2, 0) is 11.2 Å². The quantitative estimate of drug-likeness (QED) is 0.545. The molecule has 0 radical (unpaired) electrons. The zero-order chi connectivity index (χ0) is 22.3. The van der Waals surface area contributed by atoms with E-state index >= 15 is 0 Å². The van der Waals surface area contributed by atoms with Crippen molar-refractivity contribution in [1.82, 2.24) is 10.3 Å². The zero-order valence-electron chi connectivity index (χ0n) is 18.5. The molecule has 3 aromatic rings. The van der Waals surface area contributed by atoms with Gasteiger partial charge < -0.3 is 19.7 Å². The highest BCUT2D eigenvalue weighted by Crippen LogP contribution is 2.26. The van der Waals surface area contributed by atoms with Gasteiger partial charge in [-0.3, -0.25) is 4.79 Å². The lowest BCUT2D eigenvalue weighted by Gasteiger charge is -2.34. The zero-order valence-corrected chi connectivity index (χ0v) is 19.4. The van der Waals surface area contributed by atoms with E-state index in [0.717, 1.165) is 53.7 Å². The van der Waals surface area contributed by atoms with Crippen LogP contribution in [0.3, 0.4) is 0 Å². The van der Waals surface area contributed by atoms with Crippen LogP contribution in [0.2, 0.25) is 0 Å². The molecule has 168 valence electrons. The van der Waals surface area contributed by atoms with Gasteiger partial charge in [-0.15, -0.1) is 11.3 Å². The lowest BCUT2D eigenvalue weighted by atomic mass is 10.0. The Bertz CT molecular complexity index is 1010. The summed E-state index contributed by atoms with van der Waals surface area (Å²) in [6, 6.07) is 16.3. The third kappa shape index (κ3) is 5.59. The van der Waals surface area contributed by atoms with Gasteiger partial charge in [-0.05, 0) is 68.3 Å². The fraction of sp³-hybridized carbons (Fsp3) is 0.360. The second-order valence-electron chi connectivity index (χ2n) is 7.81. The van der Waals surface area contributed by atoms with Gasteiger partial charge in [0, 0.05) is 35.8 Å². The fourth-order valence-corrected chi connectivity index (χ4v) is 4.73. The summed E-state index contributed by atoms with van der Waals surface area (Å²) < 4.78 is 10.7. The van der Waals surface area contributed by atoms with Gasteiger partial charge in [-0.25, -0.2) is 4.98 Å². The Morgan fingerprint density at radius 3 is 2.44 bits per heavy atom. The van der Waals surface area contributed by atoms with Gasteiger partial charge in [0.1, 0.15) is 16.5 Å². The van der Waals surface area contributed by atoms with Crippen molar-refractivity contribution >= 4 is 22.9 Å². The molecule has 0 atom stereocenters. The molecule has 1 saturated heterocycles. The van der Waals surface area contributed by atoms with Gasteiger partial charge >= 0.3 is 0 Å². The number of hydrogen-bond donors (Lipinski definition) is 1. The Kier molecular flexibility index (Phi) is 7.27. The first-order valence-corrected chi connectivity index (χ1v) is 11.9. The maximum Gasteiger partial charge on any atom is 0.226 e. The molecule has 0 spiro atoms. The Labute approximate surface area is 193 Å². The molecule has 0 bridgehead atoms. The minimum absolute atomic E-state index is 0.0384. The summed E-state index contributed by atoms with van der Waals surface area (Å²) in [5.41, 5.74) is 3.04. The fourth-order valence-electron chi connectivity index (χ4n) is 3.90. The SMILES string of the molecule is CCOc1ccc(-c2nc(CC(=O)NC3CCN(c4ccc(OC)cc4)CC3)cs2)cc1. The number of anilines is 1. The molecular formula is C25H29N3O3S. The molecule has 6 nitrogen and oxygen atoms in total. The standard InChI is InChI=1S/C25H29N3O3S/c1-3-31-23-8-4-18(5-9-23)25-27-20(17-32-25)16-24(29)26-19-12-14-28(15-13-19)21-6-10-22(30-2)11-7-21/h4-11,17,19H,3,12-16H2,1-2H3,(H,26,29). The van der Waals surface area contributed by atoms with Crippen molar-refractivity contribution in [3.63, 3.8) is 0 Å². The number of rotatable bonds is 8. The van der Waals surface area contributed by atoms with E-state index < -0.39 is 0 Å². The van der Waals surface area contributed by atoms with Crippen molar-refractivity contribution in [2.75, 3.05) is 31.7 Å². The number of benzene rings is 2. The highest BCUT2D eigenvalue weighted by molar-refractivity contribution is 7.13. The summed E-state index contributed by atoms with van der Waals surface area (Å²) in [5.74, 6) is 1.76. The minimum Gasteiger partial charge on any atom is -0.497 e. The van der Waals surface area contributed by atoms with Gasteiger partial charge in [0.2, 0.25) is 5.91 Å². The van der Waals surface area contributed by atoms with Crippen LogP contribution in [0.15, 0.2) is 53.9 Å². The number of methoxy groups -OCH3 is 1. The van der Waals surface area contributed by atoms with Crippen LogP contribution >= 0.6 is 11.3 Å². The lowest BCUT2D eigenvalue weighted by Crippen LogP contribution is -2.45. The predicted octanol–water partition coefficient (Wildman–Crippen LogP) is 4.55. The van der Waals surface area contributed by atoms with E-state index in [1.807, 2.05) is 48.7 Å². The third-order valence-electron chi connectivity index (χ3n) is 5.60. The number of hydrogen-bond acceptors (Lipinski definition) is 6. The third-order valence-corrected chi connectivity index (χ3v) is 6.54. The van der Waals surface area contributed by atoms with Gasteiger partial charge in [0.25, 0.3) is 0 Å². The highest BCUT2D eigenvalue weighted by Gasteiger charge is 2.21. The van der Waals surface area contributed by atoms with E-state index in [2.05, 4.69) is 27.3 Å². The molecule has 32 heavy (non-hydrogen) atoms. The summed E-state index contributed by atoms with van der Waals surface area (Å²) in [4.78, 5) is 19.6. The second kappa shape index (κ2) is 10.5. The van der Waals surface area contributed by atoms with Crippen LogP contribution in [0.25, 0.3) is 10.6 Å². The second-order valence-corrected chi connectivity index (χ2v) is 8.66. The molecule has 1 aliphatic rings. The molecule has 0 unspecified atom stereocenters. The monoisotopic (exact) mass is 451 g/mol. The summed E-state index contributed by atoms with van der Waals surface area (Å²) in [6.45, 7) is 4.47. The summed E-state index contributed by atoms with van der Waals surface area (Å²) in [6.07, 6.45) is 2.19. The van der Waals surface area contributed by atoms with Crippen LogP contribution < -0.4 is 19.7 Å². The van der Waals surface area contributed by atoms with E-state index in [1.54, 1.807) is 18.4 Å². The average molecular weight is 452 g/mol. The Morgan fingerprint density at radius 1 is 1.09 bits per heavy atom. The summed E-state index contributed by atoms with van der Waals surface area (Å²) in [7, 11) is 1.68. The molecular weight excluding hydrogens is 422 g/mol. The van der Waals surface area contributed by atoms with Crippen LogP contribution in [0.5, 0.6) is 11.5 Å². The number of amides is 1. The minimum atomic E-state index is 0.0384. The van der Waals surface area contributed by atoms with E-state index in [9.17, 15) is 4.79 Å². The van der Waals surface area contributed by atoms with Gasteiger partial charge in [-0.2, -0.15) is 0 Å². The van der Waals surface area contributed by atoms with Crippen LogP contribution in [0, 0.1) is 0 Å². The van der Waals surface area contributed by atoms with E-state index in [0.29, 0.717) is 13.0 Å². The molecule has 0 saturated carbocycles. The van der Waals surface area contributed by atoms with Gasteiger partial charge in [-0.1, -0.05) is 0 Å². The first kappa shape index (κ1) is 22.1. The normalized spacial score (nSPS) is 14.2. The molecule has 1 amide bonds. The number of piperidine rings is 1. The lowest BCUT2D eigenvalue weighted by molar-refractivity contribution is -0.121. The maximum absolute atomic E-state index is 12.6. The number of aromatic nitrogens is 1. The Hall–Kier alpha value is -3.06. The van der Waals surface area contributed by atoms with Gasteiger partial charge in [0.05, 0.1) is 25.8 Å². The van der Waals surface area contributed by atoms with Crippen LogP contribution in [-0.4, -0.2) is 43.7 Å². The Balaban J connectivity index is 1.25. The summed E-state index contributed by atoms with van der Waals surface area (Å²) in [5, 5.41) is 6.08. The number of nitrogens with zero attached hydrogens (tertiary/aromatic N) is 2. The smallest absolute Gasteiger partial charge is 0.226 e. The maximum atomic E-state index is 12.6. The molecule has 1 N–H and O–H groups in total. The van der Waals surface area contributed by atoms with Crippen molar-refractivity contribution in [1.29, 1.82) is 0 Å². The number of carbonyl (C=O) groups is 1. The molecule has 7 heteroatoms. The number of carbonyl (C=O) groups excluding carboxylic acids is 1.